The van der Waals surface area contributed by atoms with E-state index < -0.39 is 0 Å². The maximum atomic E-state index is 10.0. The fraction of sp³-hybridized carbons (Fsp3) is 0.350. The van der Waals surface area contributed by atoms with Crippen LogP contribution >= 0.6 is 15.9 Å². The summed E-state index contributed by atoms with van der Waals surface area (Å²) in [5.74, 6) is 0.238. The first-order chi connectivity index (χ1) is 12.1. The molecular formula is C20H23BrN2O2. The summed E-state index contributed by atoms with van der Waals surface area (Å²) in [7, 11) is 0. The van der Waals surface area contributed by atoms with E-state index in [9.17, 15) is 5.11 Å². The zero-order chi connectivity index (χ0) is 17.6. The van der Waals surface area contributed by atoms with Crippen molar-refractivity contribution in [2.75, 3.05) is 26.3 Å². The van der Waals surface area contributed by atoms with Crippen molar-refractivity contribution in [1.82, 2.24) is 4.90 Å². The fourth-order valence-electron chi connectivity index (χ4n) is 3.21. The molecule has 0 unspecified atom stereocenters. The second-order valence-electron chi connectivity index (χ2n) is 6.23. The summed E-state index contributed by atoms with van der Waals surface area (Å²) in [6, 6.07) is 16.1. The molecule has 5 heteroatoms. The third kappa shape index (κ3) is 4.69. The van der Waals surface area contributed by atoms with E-state index >= 15 is 0 Å². The van der Waals surface area contributed by atoms with Gasteiger partial charge in [-0.25, -0.2) is 0 Å². The van der Waals surface area contributed by atoms with E-state index in [0.29, 0.717) is 0 Å². The van der Waals surface area contributed by atoms with Crippen LogP contribution in [0.2, 0.25) is 0 Å². The molecule has 0 radical (unpaired) electrons. The van der Waals surface area contributed by atoms with Gasteiger partial charge in [0.25, 0.3) is 0 Å². The molecule has 1 aliphatic rings. The maximum Gasteiger partial charge on any atom is 0.124 e. The third-order valence-electron chi connectivity index (χ3n) is 4.48. The monoisotopic (exact) mass is 402 g/mol. The number of morpholine rings is 1. The first kappa shape index (κ1) is 18.1. The van der Waals surface area contributed by atoms with Crippen molar-refractivity contribution in [3.8, 4) is 5.75 Å². The van der Waals surface area contributed by atoms with Crippen LogP contribution in [0.1, 0.15) is 24.1 Å². The number of phenols is 1. The molecule has 1 aliphatic heterocycles. The molecule has 2 aromatic rings. The molecule has 0 aromatic heterocycles. The van der Waals surface area contributed by atoms with E-state index in [1.54, 1.807) is 12.3 Å². The Hall–Kier alpha value is -1.69. The minimum absolute atomic E-state index is 0.0545. The topological polar surface area (TPSA) is 45.1 Å². The number of halogens is 1. The van der Waals surface area contributed by atoms with Crippen molar-refractivity contribution >= 4 is 22.1 Å². The van der Waals surface area contributed by atoms with Crippen molar-refractivity contribution in [1.29, 1.82) is 0 Å². The van der Waals surface area contributed by atoms with E-state index in [2.05, 4.69) is 52.0 Å². The Morgan fingerprint density at radius 3 is 2.60 bits per heavy atom. The number of ether oxygens (including phenoxy) is 1. The van der Waals surface area contributed by atoms with Gasteiger partial charge in [0.1, 0.15) is 5.75 Å². The first-order valence-electron chi connectivity index (χ1n) is 8.53. The lowest BCUT2D eigenvalue weighted by molar-refractivity contribution is 0.0119. The van der Waals surface area contributed by atoms with Crippen LogP contribution in [0.25, 0.3) is 0 Å². The highest BCUT2D eigenvalue weighted by molar-refractivity contribution is 9.10. The predicted molar refractivity (Wildman–Crippen MR) is 104 cm³/mol. The summed E-state index contributed by atoms with van der Waals surface area (Å²) >= 11 is 3.44. The van der Waals surface area contributed by atoms with Crippen LogP contribution < -0.4 is 0 Å². The van der Waals surface area contributed by atoms with Crippen LogP contribution in [-0.2, 0) is 4.74 Å². The van der Waals surface area contributed by atoms with Gasteiger partial charge in [0.05, 0.1) is 25.3 Å². The van der Waals surface area contributed by atoms with Gasteiger partial charge < -0.3 is 9.84 Å². The number of benzene rings is 2. The Balaban J connectivity index is 1.84. The third-order valence-corrected chi connectivity index (χ3v) is 4.97. The summed E-state index contributed by atoms with van der Waals surface area (Å²) < 4.78 is 6.43. The van der Waals surface area contributed by atoms with E-state index in [1.165, 1.54) is 5.56 Å². The number of aliphatic imine (C=N–C) groups is 1. The van der Waals surface area contributed by atoms with Gasteiger partial charge in [-0.3, -0.25) is 9.89 Å². The molecule has 0 saturated carbocycles. The molecule has 1 N–H and O–H groups in total. The quantitative estimate of drug-likeness (QED) is 0.767. The zero-order valence-electron chi connectivity index (χ0n) is 14.3. The summed E-state index contributed by atoms with van der Waals surface area (Å²) in [6.45, 7) is 5.44. The van der Waals surface area contributed by atoms with Gasteiger partial charge in [-0.1, -0.05) is 46.3 Å². The zero-order valence-corrected chi connectivity index (χ0v) is 15.9. The number of aromatic hydroxyl groups is 1. The predicted octanol–water partition coefficient (Wildman–Crippen LogP) is 4.04. The molecule has 0 bridgehead atoms. The van der Waals surface area contributed by atoms with Gasteiger partial charge in [0.2, 0.25) is 0 Å². The number of hydrogen-bond donors (Lipinski definition) is 1. The van der Waals surface area contributed by atoms with Gasteiger partial charge in [0.15, 0.2) is 0 Å². The summed E-state index contributed by atoms with van der Waals surface area (Å²) in [6.07, 6.45) is 1.77. The van der Waals surface area contributed by atoms with Crippen LogP contribution in [0.3, 0.4) is 0 Å². The van der Waals surface area contributed by atoms with Crippen molar-refractivity contribution < 1.29 is 9.84 Å². The van der Waals surface area contributed by atoms with Gasteiger partial charge in [-0.15, -0.1) is 0 Å². The standard InChI is InChI=1S/C20H23BrN2O2/c1-15(22-14-17-13-18(21)7-8-19(17)24)20(16-5-3-2-4-6-16)23-9-11-25-12-10-23/h2-8,13-15,20,24H,9-12H2,1H3/t15-,20+/m0/s1. The van der Waals surface area contributed by atoms with Crippen molar-refractivity contribution in [3.63, 3.8) is 0 Å². The molecule has 0 aliphatic carbocycles. The molecule has 3 rings (SSSR count). The summed E-state index contributed by atoms with van der Waals surface area (Å²) in [5, 5.41) is 10.0. The van der Waals surface area contributed by atoms with Crippen LogP contribution in [0.5, 0.6) is 5.75 Å². The Kier molecular flexibility index (Phi) is 6.24. The van der Waals surface area contributed by atoms with Gasteiger partial charge in [-0.05, 0) is 30.7 Å². The fourth-order valence-corrected chi connectivity index (χ4v) is 3.59. The largest absolute Gasteiger partial charge is 0.507 e. The summed E-state index contributed by atoms with van der Waals surface area (Å²) in [4.78, 5) is 7.19. The molecule has 0 amide bonds. The molecule has 1 heterocycles. The highest BCUT2D eigenvalue weighted by Crippen LogP contribution is 2.28. The summed E-state index contributed by atoms with van der Waals surface area (Å²) in [5.41, 5.74) is 1.97. The lowest BCUT2D eigenvalue weighted by Gasteiger charge is -2.37. The highest BCUT2D eigenvalue weighted by Gasteiger charge is 2.27. The second kappa shape index (κ2) is 8.61. The normalized spacial score (nSPS) is 18.3. The maximum absolute atomic E-state index is 10.0. The van der Waals surface area contributed by atoms with Crippen molar-refractivity contribution in [2.24, 2.45) is 4.99 Å². The smallest absolute Gasteiger partial charge is 0.124 e. The van der Waals surface area contributed by atoms with E-state index in [1.807, 2.05) is 18.2 Å². The van der Waals surface area contributed by atoms with Crippen LogP contribution in [0.15, 0.2) is 58.0 Å². The average molecular weight is 403 g/mol. The van der Waals surface area contributed by atoms with E-state index in [0.717, 1.165) is 36.3 Å². The van der Waals surface area contributed by atoms with Crippen molar-refractivity contribution in [2.45, 2.75) is 19.0 Å². The molecule has 1 fully saturated rings. The van der Waals surface area contributed by atoms with Crippen molar-refractivity contribution in [3.05, 3.63) is 64.1 Å². The van der Waals surface area contributed by atoms with Crippen LogP contribution in [-0.4, -0.2) is 48.6 Å². The van der Waals surface area contributed by atoms with Gasteiger partial charge in [-0.2, -0.15) is 0 Å². The molecule has 4 nitrogen and oxygen atoms in total. The Morgan fingerprint density at radius 2 is 1.88 bits per heavy atom. The Bertz CT molecular complexity index is 715. The highest BCUT2D eigenvalue weighted by atomic mass is 79.9. The molecular weight excluding hydrogens is 380 g/mol. The number of rotatable bonds is 5. The SMILES string of the molecule is C[C@H](N=Cc1cc(Br)ccc1O)[C@H](c1ccccc1)N1CCOCC1. The average Bonchev–Trinajstić information content (AvgIpc) is 2.64. The molecule has 25 heavy (non-hydrogen) atoms. The molecule has 0 spiro atoms. The van der Waals surface area contributed by atoms with Gasteiger partial charge in [0, 0.05) is 29.3 Å². The van der Waals surface area contributed by atoms with Crippen LogP contribution in [0.4, 0.5) is 0 Å². The lowest BCUT2D eigenvalue weighted by Crippen LogP contribution is -2.42. The molecule has 1 saturated heterocycles. The van der Waals surface area contributed by atoms with Crippen LogP contribution in [0, 0.1) is 0 Å². The molecule has 2 aromatic carbocycles. The minimum atomic E-state index is 0.0545. The first-order valence-corrected chi connectivity index (χ1v) is 9.33. The lowest BCUT2D eigenvalue weighted by atomic mass is 9.98. The second-order valence-corrected chi connectivity index (χ2v) is 7.14. The Labute approximate surface area is 157 Å². The van der Waals surface area contributed by atoms with E-state index in [-0.39, 0.29) is 17.8 Å². The number of hydrogen-bond acceptors (Lipinski definition) is 4. The number of phenolic OH excluding ortho intramolecular Hbond substituents is 1. The van der Waals surface area contributed by atoms with Gasteiger partial charge >= 0.3 is 0 Å². The minimum Gasteiger partial charge on any atom is -0.507 e. The van der Waals surface area contributed by atoms with E-state index in [4.69, 9.17) is 9.73 Å². The molecule has 2 atom stereocenters. The molecule has 132 valence electrons. The Morgan fingerprint density at radius 1 is 1.16 bits per heavy atom. The number of nitrogens with zero attached hydrogens (tertiary/aromatic N) is 2.